The molecule has 0 saturated carbocycles. The number of hydrogen-bond acceptors (Lipinski definition) is 4. The van der Waals surface area contributed by atoms with Crippen molar-refractivity contribution in [2.24, 2.45) is 5.92 Å². The molecule has 3 rings (SSSR count). The van der Waals surface area contributed by atoms with Crippen LogP contribution >= 0.6 is 0 Å². The summed E-state index contributed by atoms with van der Waals surface area (Å²) in [5.41, 5.74) is 0.917. The Bertz CT molecular complexity index is 672. The lowest BCUT2D eigenvalue weighted by Crippen LogP contribution is -2.45. The molecule has 1 aliphatic heterocycles. The molecule has 2 aliphatic rings. The number of carbonyl (C=O) groups excluding carboxylic acids is 1. The summed E-state index contributed by atoms with van der Waals surface area (Å²) in [6, 6.07) is 9.72. The van der Waals surface area contributed by atoms with Gasteiger partial charge in [-0.3, -0.25) is 4.79 Å². The normalized spacial score (nSPS) is 26.8. The van der Waals surface area contributed by atoms with E-state index < -0.39 is 8.32 Å². The van der Waals surface area contributed by atoms with E-state index in [0.717, 1.165) is 11.3 Å². The van der Waals surface area contributed by atoms with Gasteiger partial charge in [-0.2, -0.15) is 0 Å². The van der Waals surface area contributed by atoms with Gasteiger partial charge in [-0.25, -0.2) is 0 Å². The second-order valence-corrected chi connectivity index (χ2v) is 11.6. The Labute approximate surface area is 144 Å². The molecule has 0 radical (unpaired) electrons. The maximum absolute atomic E-state index is 12.7. The first kappa shape index (κ1) is 17.0. The molecule has 0 unspecified atom stereocenters. The van der Waals surface area contributed by atoms with Crippen molar-refractivity contribution >= 4 is 19.9 Å². The highest BCUT2D eigenvalue weighted by molar-refractivity contribution is 6.70. The zero-order chi connectivity index (χ0) is 17.3. The minimum atomic E-state index is -1.72. The maximum Gasteiger partial charge on any atom is 0.241 e. The smallest absolute Gasteiger partial charge is 0.241 e. The van der Waals surface area contributed by atoms with E-state index >= 15 is 0 Å². The summed E-state index contributed by atoms with van der Waals surface area (Å²) in [6.45, 7) is 6.43. The summed E-state index contributed by atoms with van der Waals surface area (Å²) in [7, 11) is -0.0960. The van der Waals surface area contributed by atoms with Gasteiger partial charge in [-0.1, -0.05) is 30.3 Å². The number of rotatable bonds is 4. The van der Waals surface area contributed by atoms with Crippen molar-refractivity contribution in [1.82, 2.24) is 0 Å². The van der Waals surface area contributed by atoms with Gasteiger partial charge in [0.15, 0.2) is 5.78 Å². The SMILES string of the molecule is CO[C@@H]1C=C(O[Si](C)(C)C)C[C@@H]2OC(c3ccccc3)=CC(=O)[C@@H]21. The Morgan fingerprint density at radius 3 is 2.50 bits per heavy atom. The van der Waals surface area contributed by atoms with E-state index in [1.165, 1.54) is 0 Å². The molecule has 3 atom stereocenters. The second-order valence-electron chi connectivity index (χ2n) is 7.21. The first-order chi connectivity index (χ1) is 11.4. The average Bonchev–Trinajstić information content (AvgIpc) is 2.53. The fourth-order valence-corrected chi connectivity index (χ4v) is 4.15. The Balaban J connectivity index is 1.88. The number of methoxy groups -OCH3 is 1. The van der Waals surface area contributed by atoms with E-state index in [1.807, 2.05) is 36.4 Å². The molecule has 0 bridgehead atoms. The largest absolute Gasteiger partial charge is 0.547 e. The number of ether oxygens (including phenoxy) is 2. The molecule has 128 valence electrons. The summed E-state index contributed by atoms with van der Waals surface area (Å²) in [5.74, 6) is 1.26. The third-order valence-corrected chi connectivity index (χ3v) is 5.03. The van der Waals surface area contributed by atoms with Gasteiger partial charge >= 0.3 is 0 Å². The van der Waals surface area contributed by atoms with Crippen molar-refractivity contribution in [2.45, 2.75) is 38.3 Å². The van der Waals surface area contributed by atoms with Crippen LogP contribution in [-0.4, -0.2) is 33.4 Å². The molecule has 0 amide bonds. The Kier molecular flexibility index (Phi) is 4.65. The van der Waals surface area contributed by atoms with Crippen molar-refractivity contribution in [3.63, 3.8) is 0 Å². The predicted molar refractivity (Wildman–Crippen MR) is 95.7 cm³/mol. The fourth-order valence-electron chi connectivity index (χ4n) is 3.21. The molecule has 0 saturated heterocycles. The Hall–Kier alpha value is -1.85. The molecular formula is C19H24O4Si. The number of hydrogen-bond donors (Lipinski definition) is 0. The molecule has 0 spiro atoms. The van der Waals surface area contributed by atoms with Crippen LogP contribution in [0.2, 0.25) is 19.6 Å². The highest BCUT2D eigenvalue weighted by Gasteiger charge is 2.43. The fraction of sp³-hybridized carbons (Fsp3) is 0.421. The highest BCUT2D eigenvalue weighted by Crippen LogP contribution is 2.37. The van der Waals surface area contributed by atoms with E-state index in [4.69, 9.17) is 13.9 Å². The molecule has 0 aromatic heterocycles. The van der Waals surface area contributed by atoms with Crippen LogP contribution in [0, 0.1) is 5.92 Å². The zero-order valence-corrected chi connectivity index (χ0v) is 15.6. The van der Waals surface area contributed by atoms with E-state index in [1.54, 1.807) is 13.2 Å². The van der Waals surface area contributed by atoms with Gasteiger partial charge < -0.3 is 13.9 Å². The second kappa shape index (κ2) is 6.57. The minimum Gasteiger partial charge on any atom is -0.547 e. The quantitative estimate of drug-likeness (QED) is 0.780. The van der Waals surface area contributed by atoms with E-state index in [-0.39, 0.29) is 23.9 Å². The molecule has 1 aromatic carbocycles. The molecule has 1 heterocycles. The Morgan fingerprint density at radius 2 is 1.88 bits per heavy atom. The van der Waals surface area contributed by atoms with Gasteiger partial charge in [0.25, 0.3) is 0 Å². The van der Waals surface area contributed by atoms with Gasteiger partial charge in [0.2, 0.25) is 8.32 Å². The first-order valence-electron chi connectivity index (χ1n) is 8.27. The molecule has 1 aromatic rings. The summed E-state index contributed by atoms with van der Waals surface area (Å²) in [5, 5.41) is 0. The molecule has 0 fully saturated rings. The van der Waals surface area contributed by atoms with Crippen LogP contribution in [0.25, 0.3) is 5.76 Å². The zero-order valence-electron chi connectivity index (χ0n) is 14.6. The first-order valence-corrected chi connectivity index (χ1v) is 11.7. The van der Waals surface area contributed by atoms with Crippen molar-refractivity contribution in [3.05, 3.63) is 53.8 Å². The van der Waals surface area contributed by atoms with Crippen LogP contribution < -0.4 is 0 Å². The Morgan fingerprint density at radius 1 is 1.17 bits per heavy atom. The molecule has 24 heavy (non-hydrogen) atoms. The molecular weight excluding hydrogens is 320 g/mol. The number of allylic oxidation sites excluding steroid dienone is 1. The van der Waals surface area contributed by atoms with Crippen molar-refractivity contribution in [3.8, 4) is 0 Å². The molecule has 5 heteroatoms. The number of carbonyl (C=O) groups is 1. The highest BCUT2D eigenvalue weighted by atomic mass is 28.4. The topological polar surface area (TPSA) is 44.8 Å². The summed E-state index contributed by atoms with van der Waals surface area (Å²) >= 11 is 0. The van der Waals surface area contributed by atoms with E-state index in [0.29, 0.717) is 12.2 Å². The van der Waals surface area contributed by atoms with Crippen molar-refractivity contribution in [2.75, 3.05) is 7.11 Å². The molecule has 0 N–H and O–H groups in total. The van der Waals surface area contributed by atoms with Gasteiger partial charge in [-0.05, 0) is 25.7 Å². The van der Waals surface area contributed by atoms with Crippen LogP contribution in [0.3, 0.4) is 0 Å². The van der Waals surface area contributed by atoms with Gasteiger partial charge in [-0.15, -0.1) is 0 Å². The maximum atomic E-state index is 12.7. The lowest BCUT2D eigenvalue weighted by molar-refractivity contribution is -0.129. The third kappa shape index (κ3) is 3.62. The number of benzene rings is 1. The average molecular weight is 344 g/mol. The van der Waals surface area contributed by atoms with Crippen LogP contribution in [0.15, 0.2) is 48.2 Å². The standard InChI is InChI=1S/C19H24O4Si/c1-21-17-10-14(23-24(2,3)4)11-18-19(17)15(20)12-16(22-18)13-8-6-5-7-9-13/h5-10,12,17-19H,11H2,1-4H3/t17-,18+,19-/m1/s1. The van der Waals surface area contributed by atoms with Crippen molar-refractivity contribution in [1.29, 1.82) is 0 Å². The monoisotopic (exact) mass is 344 g/mol. The lowest BCUT2D eigenvalue weighted by Gasteiger charge is -2.39. The molecule has 4 nitrogen and oxygen atoms in total. The lowest BCUT2D eigenvalue weighted by atomic mass is 9.82. The van der Waals surface area contributed by atoms with Gasteiger partial charge in [0, 0.05) is 25.2 Å². The number of ketones is 1. The van der Waals surface area contributed by atoms with E-state index in [9.17, 15) is 4.79 Å². The third-order valence-electron chi connectivity index (χ3n) is 4.15. The van der Waals surface area contributed by atoms with E-state index in [2.05, 4.69) is 19.6 Å². The summed E-state index contributed by atoms with van der Waals surface area (Å²) < 4.78 is 17.9. The van der Waals surface area contributed by atoms with Crippen molar-refractivity contribution < 1.29 is 18.7 Å². The number of fused-ring (bicyclic) bond motifs is 1. The van der Waals surface area contributed by atoms with Crippen LogP contribution in [0.5, 0.6) is 0 Å². The van der Waals surface area contributed by atoms with Gasteiger partial charge in [0.1, 0.15) is 11.9 Å². The minimum absolute atomic E-state index is 0.0558. The van der Waals surface area contributed by atoms with Crippen LogP contribution in [0.4, 0.5) is 0 Å². The van der Waals surface area contributed by atoms with Gasteiger partial charge in [0.05, 0.1) is 17.8 Å². The molecule has 1 aliphatic carbocycles. The van der Waals surface area contributed by atoms with Crippen LogP contribution in [0.1, 0.15) is 12.0 Å². The predicted octanol–water partition coefficient (Wildman–Crippen LogP) is 3.77. The summed E-state index contributed by atoms with van der Waals surface area (Å²) in [4.78, 5) is 12.7. The van der Waals surface area contributed by atoms with Crippen LogP contribution in [-0.2, 0) is 18.7 Å². The summed E-state index contributed by atoms with van der Waals surface area (Å²) in [6.07, 6.45) is 3.59.